The molecule has 3 aliphatic rings. The molecular formula is C19H28N4S. The fourth-order valence-electron chi connectivity index (χ4n) is 4.38. The summed E-state index contributed by atoms with van der Waals surface area (Å²) >= 11 is 1.98. The molecule has 4 rings (SSSR count). The molecule has 0 aromatic carbocycles. The first-order chi connectivity index (χ1) is 11.8. The van der Waals surface area contributed by atoms with E-state index in [2.05, 4.69) is 32.5 Å². The van der Waals surface area contributed by atoms with E-state index in [4.69, 9.17) is 5.73 Å². The van der Waals surface area contributed by atoms with Crippen molar-refractivity contribution in [3.63, 3.8) is 0 Å². The molecule has 0 spiro atoms. The first kappa shape index (κ1) is 16.3. The minimum atomic E-state index is 0.289. The van der Waals surface area contributed by atoms with Crippen LogP contribution in [0.1, 0.15) is 44.9 Å². The zero-order chi connectivity index (χ0) is 16.4. The molecule has 1 saturated heterocycles. The van der Waals surface area contributed by atoms with Gasteiger partial charge in [0.15, 0.2) is 0 Å². The number of hydrogen-bond donors (Lipinski definition) is 1. The number of nitrogens with two attached hydrogens (primary N) is 1. The van der Waals surface area contributed by atoms with E-state index in [1.54, 1.807) is 0 Å². The van der Waals surface area contributed by atoms with Crippen LogP contribution in [0.2, 0.25) is 0 Å². The van der Waals surface area contributed by atoms with Gasteiger partial charge in [0.25, 0.3) is 0 Å². The van der Waals surface area contributed by atoms with Crippen LogP contribution in [-0.2, 0) is 0 Å². The number of pyridine rings is 1. The Morgan fingerprint density at radius 2 is 1.96 bits per heavy atom. The van der Waals surface area contributed by atoms with E-state index in [-0.39, 0.29) is 6.04 Å². The zero-order valence-corrected chi connectivity index (χ0v) is 15.1. The number of piperidine rings is 1. The predicted molar refractivity (Wildman–Crippen MR) is 103 cm³/mol. The summed E-state index contributed by atoms with van der Waals surface area (Å²) in [5, 5.41) is 2.80. The molecule has 1 aliphatic carbocycles. The maximum Gasteiger partial charge on any atom is 0.0863 e. The van der Waals surface area contributed by atoms with E-state index < -0.39 is 0 Å². The van der Waals surface area contributed by atoms with Crippen LogP contribution in [0.3, 0.4) is 0 Å². The summed E-state index contributed by atoms with van der Waals surface area (Å²) in [6, 6.07) is 2.46. The Kier molecular flexibility index (Phi) is 4.99. The van der Waals surface area contributed by atoms with Crippen LogP contribution >= 0.6 is 11.8 Å². The van der Waals surface area contributed by atoms with E-state index >= 15 is 0 Å². The fraction of sp³-hybridized carbons (Fsp3) is 0.632. The molecule has 2 unspecified atom stereocenters. The summed E-state index contributed by atoms with van der Waals surface area (Å²) in [6.45, 7) is 2.05. The van der Waals surface area contributed by atoms with Crippen LogP contribution in [0.15, 0.2) is 30.1 Å². The van der Waals surface area contributed by atoms with Crippen molar-refractivity contribution in [2.45, 2.75) is 56.4 Å². The maximum absolute atomic E-state index is 6.22. The van der Waals surface area contributed by atoms with Gasteiger partial charge in [0.05, 0.1) is 22.9 Å². The third-order valence-corrected chi connectivity index (χ3v) is 6.79. The second-order valence-electron chi connectivity index (χ2n) is 7.33. The largest absolute Gasteiger partial charge is 0.368 e. The summed E-state index contributed by atoms with van der Waals surface area (Å²) < 4.78 is 0. The molecule has 1 aromatic rings. The van der Waals surface area contributed by atoms with Crippen molar-refractivity contribution in [1.82, 2.24) is 4.98 Å². The van der Waals surface area contributed by atoms with Crippen molar-refractivity contribution in [3.05, 3.63) is 30.1 Å². The molecule has 2 N–H and O–H groups in total. The van der Waals surface area contributed by atoms with E-state index in [0.29, 0.717) is 5.37 Å². The van der Waals surface area contributed by atoms with Gasteiger partial charge in [0, 0.05) is 31.5 Å². The van der Waals surface area contributed by atoms with Crippen molar-refractivity contribution < 1.29 is 0 Å². The fourth-order valence-corrected chi connectivity index (χ4v) is 5.55. The molecule has 0 amide bonds. The summed E-state index contributed by atoms with van der Waals surface area (Å²) in [7, 11) is 0. The summed E-state index contributed by atoms with van der Waals surface area (Å²) in [4.78, 5) is 9.37. The average molecular weight is 345 g/mol. The van der Waals surface area contributed by atoms with Crippen LogP contribution in [0.4, 0.5) is 11.4 Å². The Morgan fingerprint density at radius 3 is 2.79 bits per heavy atom. The molecule has 1 saturated carbocycles. The Hall–Kier alpha value is -1.20. The van der Waals surface area contributed by atoms with Crippen LogP contribution in [0.5, 0.6) is 0 Å². The normalized spacial score (nSPS) is 28.5. The van der Waals surface area contributed by atoms with E-state index in [0.717, 1.165) is 25.4 Å². The smallest absolute Gasteiger partial charge is 0.0863 e. The van der Waals surface area contributed by atoms with Crippen LogP contribution in [-0.4, -0.2) is 29.5 Å². The van der Waals surface area contributed by atoms with Gasteiger partial charge in [0.1, 0.15) is 0 Å². The highest BCUT2D eigenvalue weighted by Gasteiger charge is 2.33. The van der Waals surface area contributed by atoms with Gasteiger partial charge in [-0.3, -0.25) is 4.98 Å². The number of thioether (sulfide) groups is 1. The lowest BCUT2D eigenvalue weighted by Crippen LogP contribution is -2.43. The first-order valence-corrected chi connectivity index (χ1v) is 10.3. The monoisotopic (exact) mass is 344 g/mol. The Bertz CT molecular complexity index is 584. The summed E-state index contributed by atoms with van der Waals surface area (Å²) in [5.74, 6) is 0.787. The number of anilines is 2. The number of aromatic nitrogens is 1. The van der Waals surface area contributed by atoms with E-state index in [1.165, 1.54) is 49.9 Å². The molecule has 130 valence electrons. The predicted octanol–water partition coefficient (Wildman–Crippen LogP) is 3.94. The number of hydrogen-bond acceptors (Lipinski definition) is 5. The minimum absolute atomic E-state index is 0.289. The third-order valence-electron chi connectivity index (χ3n) is 5.62. The lowest BCUT2D eigenvalue weighted by Gasteiger charge is -2.38. The molecule has 1 aromatic heterocycles. The molecule has 3 heterocycles. The SMILES string of the molecule is NC1CCCN(c2ccncc2N2C=CSC2C2CCCCC2)C1. The molecule has 2 fully saturated rings. The van der Waals surface area contributed by atoms with Gasteiger partial charge in [-0.25, -0.2) is 0 Å². The van der Waals surface area contributed by atoms with E-state index in [1.807, 2.05) is 24.2 Å². The van der Waals surface area contributed by atoms with Crippen molar-refractivity contribution in [1.29, 1.82) is 0 Å². The van der Waals surface area contributed by atoms with Gasteiger partial charge in [-0.15, -0.1) is 11.8 Å². The zero-order valence-electron chi connectivity index (χ0n) is 14.3. The van der Waals surface area contributed by atoms with Crippen LogP contribution < -0.4 is 15.5 Å². The van der Waals surface area contributed by atoms with Crippen molar-refractivity contribution >= 4 is 23.1 Å². The van der Waals surface area contributed by atoms with Gasteiger partial charge in [-0.05, 0) is 43.1 Å². The lowest BCUT2D eigenvalue weighted by atomic mass is 9.88. The summed E-state index contributed by atoms with van der Waals surface area (Å²) in [5.41, 5.74) is 8.77. The summed E-state index contributed by atoms with van der Waals surface area (Å²) in [6.07, 6.45) is 15.4. The second-order valence-corrected chi connectivity index (χ2v) is 8.36. The molecule has 2 aliphatic heterocycles. The topological polar surface area (TPSA) is 45.4 Å². The van der Waals surface area contributed by atoms with Gasteiger partial charge in [-0.1, -0.05) is 19.3 Å². The Labute approximate surface area is 149 Å². The maximum atomic E-state index is 6.22. The van der Waals surface area contributed by atoms with Gasteiger partial charge in [0.2, 0.25) is 0 Å². The molecule has 24 heavy (non-hydrogen) atoms. The van der Waals surface area contributed by atoms with Crippen molar-refractivity contribution in [2.75, 3.05) is 22.9 Å². The second kappa shape index (κ2) is 7.36. The minimum Gasteiger partial charge on any atom is -0.368 e. The molecule has 0 bridgehead atoms. The molecule has 2 atom stereocenters. The Morgan fingerprint density at radius 1 is 1.08 bits per heavy atom. The highest BCUT2D eigenvalue weighted by molar-refractivity contribution is 8.03. The third kappa shape index (κ3) is 3.29. The number of rotatable bonds is 3. The Balaban J connectivity index is 1.59. The first-order valence-electron chi connectivity index (χ1n) is 9.38. The van der Waals surface area contributed by atoms with Crippen molar-refractivity contribution in [2.24, 2.45) is 11.7 Å². The molecular weight excluding hydrogens is 316 g/mol. The van der Waals surface area contributed by atoms with Crippen molar-refractivity contribution in [3.8, 4) is 0 Å². The standard InChI is InChI=1S/C19H28N4S/c20-16-7-4-10-22(14-16)17-8-9-21-13-18(17)23-11-12-24-19(23)15-5-2-1-3-6-15/h8-9,11-13,15-16,19H,1-7,10,14,20H2. The van der Waals surface area contributed by atoms with Gasteiger partial charge in [-0.2, -0.15) is 0 Å². The van der Waals surface area contributed by atoms with Gasteiger partial charge >= 0.3 is 0 Å². The van der Waals surface area contributed by atoms with Gasteiger partial charge < -0.3 is 15.5 Å². The highest BCUT2D eigenvalue weighted by Crippen LogP contribution is 2.43. The van der Waals surface area contributed by atoms with E-state index in [9.17, 15) is 0 Å². The molecule has 4 nitrogen and oxygen atoms in total. The molecule has 0 radical (unpaired) electrons. The quantitative estimate of drug-likeness (QED) is 0.900. The number of nitrogens with zero attached hydrogens (tertiary/aromatic N) is 3. The van der Waals surface area contributed by atoms with Crippen LogP contribution in [0, 0.1) is 5.92 Å². The molecule has 5 heteroatoms. The average Bonchev–Trinajstić information content (AvgIpc) is 3.12. The lowest BCUT2D eigenvalue weighted by molar-refractivity contribution is 0.351. The highest BCUT2D eigenvalue weighted by atomic mass is 32.2. The van der Waals surface area contributed by atoms with Crippen LogP contribution in [0.25, 0.3) is 0 Å².